The van der Waals surface area contributed by atoms with Crippen LogP contribution < -0.4 is 5.76 Å². The number of aromatic nitrogens is 2. The second-order valence-corrected chi connectivity index (χ2v) is 3.84. The van der Waals surface area contributed by atoms with Crippen LogP contribution in [0.15, 0.2) is 51.8 Å². The predicted molar refractivity (Wildman–Crippen MR) is 70.0 cm³/mol. The number of hydrogen-bond donors (Lipinski definition) is 1. The maximum Gasteiger partial charge on any atom is 0.418 e. The van der Waals surface area contributed by atoms with Crippen LogP contribution in [0.2, 0.25) is 0 Å². The van der Waals surface area contributed by atoms with Crippen molar-refractivity contribution in [3.63, 3.8) is 0 Å². The van der Waals surface area contributed by atoms with E-state index in [1.165, 1.54) is 0 Å². The Morgan fingerprint density at radius 3 is 2.78 bits per heavy atom. The molecule has 0 bridgehead atoms. The minimum atomic E-state index is -0.488. The number of aromatic amines is 1. The molecule has 0 fully saturated rings. The van der Waals surface area contributed by atoms with Crippen LogP contribution in [0.1, 0.15) is 11.1 Å². The summed E-state index contributed by atoms with van der Waals surface area (Å²) in [6, 6.07) is 11.7. The lowest BCUT2D eigenvalue weighted by Crippen LogP contribution is -1.93. The van der Waals surface area contributed by atoms with Gasteiger partial charge < -0.3 is 4.42 Å². The largest absolute Gasteiger partial charge is 0.418 e. The van der Waals surface area contributed by atoms with Gasteiger partial charge in [-0.05, 0) is 11.6 Å². The van der Waals surface area contributed by atoms with E-state index < -0.39 is 5.76 Å². The molecule has 0 atom stereocenters. The van der Waals surface area contributed by atoms with E-state index in [0.29, 0.717) is 11.2 Å². The smallest absolute Gasteiger partial charge is 0.405 e. The second-order valence-electron chi connectivity index (χ2n) is 3.84. The summed E-state index contributed by atoms with van der Waals surface area (Å²) in [7, 11) is 0. The predicted octanol–water partition coefficient (Wildman–Crippen LogP) is 2.69. The molecule has 0 saturated carbocycles. The molecule has 0 amide bonds. The van der Waals surface area contributed by atoms with E-state index in [0.717, 1.165) is 11.1 Å². The highest BCUT2D eigenvalue weighted by Crippen LogP contribution is 2.16. The standard InChI is InChI=1S/C14H10N2O2/c17-14-16-13-12(18-14)11(8-9-15-13)7-6-10-4-2-1-3-5-10/h1-9H,(H,15,16,17). The number of hydrogen-bond acceptors (Lipinski definition) is 3. The normalized spacial score (nSPS) is 11.3. The Morgan fingerprint density at radius 1 is 1.11 bits per heavy atom. The molecule has 88 valence electrons. The van der Waals surface area contributed by atoms with Crippen LogP contribution in [-0.4, -0.2) is 9.97 Å². The van der Waals surface area contributed by atoms with Crippen LogP contribution in [-0.2, 0) is 0 Å². The third kappa shape index (κ3) is 1.96. The van der Waals surface area contributed by atoms with E-state index in [1.54, 1.807) is 12.3 Å². The Morgan fingerprint density at radius 2 is 1.94 bits per heavy atom. The first-order valence-corrected chi connectivity index (χ1v) is 5.54. The summed E-state index contributed by atoms with van der Waals surface area (Å²) in [4.78, 5) is 17.7. The van der Waals surface area contributed by atoms with E-state index in [4.69, 9.17) is 4.42 Å². The summed E-state index contributed by atoms with van der Waals surface area (Å²) in [5.41, 5.74) is 2.85. The molecule has 0 radical (unpaired) electrons. The van der Waals surface area contributed by atoms with Crippen LogP contribution in [0.5, 0.6) is 0 Å². The monoisotopic (exact) mass is 238 g/mol. The average molecular weight is 238 g/mol. The lowest BCUT2D eigenvalue weighted by atomic mass is 10.1. The van der Waals surface area contributed by atoms with Crippen molar-refractivity contribution in [1.29, 1.82) is 0 Å². The summed E-state index contributed by atoms with van der Waals surface area (Å²) in [6.45, 7) is 0. The number of nitrogens with zero attached hydrogens (tertiary/aromatic N) is 1. The van der Waals surface area contributed by atoms with Gasteiger partial charge in [-0.2, -0.15) is 0 Å². The topological polar surface area (TPSA) is 58.9 Å². The molecule has 0 spiro atoms. The van der Waals surface area contributed by atoms with Crippen LogP contribution >= 0.6 is 0 Å². The highest BCUT2D eigenvalue weighted by Gasteiger charge is 2.04. The van der Waals surface area contributed by atoms with Gasteiger partial charge in [0.15, 0.2) is 11.2 Å². The molecule has 2 aromatic heterocycles. The molecule has 18 heavy (non-hydrogen) atoms. The first-order chi connectivity index (χ1) is 8.83. The molecular formula is C14H10N2O2. The summed E-state index contributed by atoms with van der Waals surface area (Å²) in [5.74, 6) is -0.488. The molecule has 1 aromatic carbocycles. The van der Waals surface area contributed by atoms with E-state index in [-0.39, 0.29) is 0 Å². The quantitative estimate of drug-likeness (QED) is 0.746. The van der Waals surface area contributed by atoms with Crippen molar-refractivity contribution in [2.24, 2.45) is 0 Å². The number of oxazole rings is 1. The van der Waals surface area contributed by atoms with Crippen molar-refractivity contribution in [2.75, 3.05) is 0 Å². The SMILES string of the molecule is O=c1[nH]c2nccc(C=Cc3ccccc3)c2o1. The van der Waals surface area contributed by atoms with Gasteiger partial charge in [-0.25, -0.2) is 9.78 Å². The number of benzene rings is 1. The fraction of sp³-hybridized carbons (Fsp3) is 0. The number of H-pyrrole nitrogens is 1. The maximum atomic E-state index is 11.1. The summed E-state index contributed by atoms with van der Waals surface area (Å²) in [6.07, 6.45) is 5.50. The molecule has 3 aromatic rings. The molecular weight excluding hydrogens is 228 g/mol. The first kappa shape index (κ1) is 10.5. The van der Waals surface area contributed by atoms with Crippen molar-refractivity contribution >= 4 is 23.4 Å². The van der Waals surface area contributed by atoms with Crippen LogP contribution in [0, 0.1) is 0 Å². The Labute approximate surface area is 103 Å². The van der Waals surface area contributed by atoms with Gasteiger partial charge in [0.2, 0.25) is 0 Å². The Balaban J connectivity index is 2.05. The minimum absolute atomic E-state index is 0.468. The molecule has 4 heteroatoms. The summed E-state index contributed by atoms with van der Waals surface area (Å²) >= 11 is 0. The van der Waals surface area contributed by atoms with Gasteiger partial charge in [0.1, 0.15) is 0 Å². The summed E-state index contributed by atoms with van der Waals surface area (Å²) < 4.78 is 5.06. The lowest BCUT2D eigenvalue weighted by molar-refractivity contribution is 0.555. The van der Waals surface area contributed by atoms with Crippen molar-refractivity contribution in [1.82, 2.24) is 9.97 Å². The highest BCUT2D eigenvalue weighted by molar-refractivity contribution is 5.83. The zero-order chi connectivity index (χ0) is 12.4. The minimum Gasteiger partial charge on any atom is -0.405 e. The van der Waals surface area contributed by atoms with Gasteiger partial charge in [0, 0.05) is 11.8 Å². The molecule has 0 aliphatic carbocycles. The second kappa shape index (κ2) is 4.33. The number of fused-ring (bicyclic) bond motifs is 1. The molecule has 3 rings (SSSR count). The Hall–Kier alpha value is -2.62. The van der Waals surface area contributed by atoms with Crippen LogP contribution in [0.3, 0.4) is 0 Å². The van der Waals surface area contributed by atoms with E-state index >= 15 is 0 Å². The zero-order valence-corrected chi connectivity index (χ0v) is 9.46. The van der Waals surface area contributed by atoms with Gasteiger partial charge in [-0.3, -0.25) is 4.98 Å². The third-order valence-electron chi connectivity index (χ3n) is 2.61. The van der Waals surface area contributed by atoms with E-state index in [9.17, 15) is 4.79 Å². The fourth-order valence-corrected chi connectivity index (χ4v) is 1.76. The molecule has 2 heterocycles. The molecule has 0 aliphatic rings. The van der Waals surface area contributed by atoms with Crippen molar-refractivity contribution in [2.45, 2.75) is 0 Å². The van der Waals surface area contributed by atoms with Gasteiger partial charge in [0.25, 0.3) is 0 Å². The molecule has 0 aliphatic heterocycles. The molecule has 0 saturated heterocycles. The van der Waals surface area contributed by atoms with Crippen molar-refractivity contribution in [3.05, 3.63) is 64.3 Å². The third-order valence-corrected chi connectivity index (χ3v) is 2.61. The van der Waals surface area contributed by atoms with Crippen molar-refractivity contribution in [3.8, 4) is 0 Å². The maximum absolute atomic E-state index is 11.1. The Kier molecular flexibility index (Phi) is 2.53. The number of pyridine rings is 1. The van der Waals surface area contributed by atoms with Crippen LogP contribution in [0.4, 0.5) is 0 Å². The van der Waals surface area contributed by atoms with Crippen LogP contribution in [0.25, 0.3) is 23.4 Å². The average Bonchev–Trinajstić information content (AvgIpc) is 2.78. The van der Waals surface area contributed by atoms with E-state index in [1.807, 2.05) is 42.5 Å². The fourth-order valence-electron chi connectivity index (χ4n) is 1.76. The molecule has 4 nitrogen and oxygen atoms in total. The lowest BCUT2D eigenvalue weighted by Gasteiger charge is -1.94. The molecule has 1 N–H and O–H groups in total. The first-order valence-electron chi connectivity index (χ1n) is 5.54. The van der Waals surface area contributed by atoms with E-state index in [2.05, 4.69) is 9.97 Å². The number of rotatable bonds is 2. The van der Waals surface area contributed by atoms with Gasteiger partial charge in [-0.1, -0.05) is 42.5 Å². The summed E-state index contributed by atoms with van der Waals surface area (Å²) in [5, 5.41) is 0. The van der Waals surface area contributed by atoms with Crippen molar-refractivity contribution < 1.29 is 4.42 Å². The van der Waals surface area contributed by atoms with Gasteiger partial charge >= 0.3 is 5.76 Å². The Bertz CT molecular complexity index is 754. The van der Waals surface area contributed by atoms with Gasteiger partial charge in [0.05, 0.1) is 0 Å². The zero-order valence-electron chi connectivity index (χ0n) is 9.46. The number of nitrogens with one attached hydrogen (secondary N) is 1. The highest BCUT2D eigenvalue weighted by atomic mass is 16.4. The van der Waals surface area contributed by atoms with Gasteiger partial charge in [-0.15, -0.1) is 0 Å². The molecule has 0 unspecified atom stereocenters.